The van der Waals surface area contributed by atoms with Crippen LogP contribution in [-0.4, -0.2) is 35.6 Å². The molecule has 4 rings (SSSR count). The number of aliphatic hydroxyl groups excluding tert-OH is 1. The van der Waals surface area contributed by atoms with Gasteiger partial charge in [0.2, 0.25) is 0 Å². The molecule has 37 heavy (non-hydrogen) atoms. The van der Waals surface area contributed by atoms with Gasteiger partial charge in [-0.25, -0.2) is 4.79 Å². The highest BCUT2D eigenvalue weighted by molar-refractivity contribution is 7.15. The zero-order valence-corrected chi connectivity index (χ0v) is 22.0. The molecule has 0 radical (unpaired) electrons. The maximum Gasteiger partial charge on any atom is 0.335 e. The van der Waals surface area contributed by atoms with Crippen LogP contribution in [0.3, 0.4) is 0 Å². The lowest BCUT2D eigenvalue weighted by atomic mass is 10.1. The lowest BCUT2D eigenvalue weighted by Gasteiger charge is -2.15. The molecule has 2 aromatic carbocycles. The first-order valence-corrected chi connectivity index (χ1v) is 13.1. The van der Waals surface area contributed by atoms with Crippen LogP contribution in [0.25, 0.3) is 21.7 Å². The Balaban J connectivity index is 1.36. The van der Waals surface area contributed by atoms with E-state index in [1.54, 1.807) is 24.3 Å². The fourth-order valence-corrected chi connectivity index (χ4v) is 4.96. The van der Waals surface area contributed by atoms with Crippen molar-refractivity contribution in [3.8, 4) is 27.4 Å². The highest BCUT2D eigenvalue weighted by atomic mass is 32.1. The van der Waals surface area contributed by atoms with E-state index in [1.807, 2.05) is 43.3 Å². The summed E-state index contributed by atoms with van der Waals surface area (Å²) >= 11 is 1.71. The predicted molar refractivity (Wildman–Crippen MR) is 142 cm³/mol. The summed E-state index contributed by atoms with van der Waals surface area (Å²) in [5.74, 6) is 0.872. The fourth-order valence-electron chi connectivity index (χ4n) is 3.87. The average molecular weight is 522 g/mol. The SMILES string of the molecule is CCOC(=O)[C@H](Cc1ccc(OCc2sc(-c3ccc(-c4cc(CO)on4)cc3)cc2C)cc1)OCC. The van der Waals surface area contributed by atoms with Crippen LogP contribution in [0.2, 0.25) is 0 Å². The van der Waals surface area contributed by atoms with Crippen molar-refractivity contribution < 1.29 is 28.6 Å². The molecule has 2 heterocycles. The van der Waals surface area contributed by atoms with Gasteiger partial charge in [0.15, 0.2) is 11.9 Å². The first kappa shape index (κ1) is 26.6. The summed E-state index contributed by atoms with van der Waals surface area (Å²) in [6, 6.07) is 19.8. The number of nitrogens with zero attached hydrogens (tertiary/aromatic N) is 1. The zero-order chi connectivity index (χ0) is 26.2. The number of ether oxygens (including phenoxy) is 3. The summed E-state index contributed by atoms with van der Waals surface area (Å²) in [6.45, 7) is 6.83. The molecule has 0 aliphatic heterocycles. The van der Waals surface area contributed by atoms with E-state index in [9.17, 15) is 4.79 Å². The minimum absolute atomic E-state index is 0.168. The van der Waals surface area contributed by atoms with Gasteiger partial charge in [0.05, 0.1) is 6.61 Å². The van der Waals surface area contributed by atoms with Crippen molar-refractivity contribution in [3.05, 3.63) is 82.4 Å². The molecule has 0 spiro atoms. The van der Waals surface area contributed by atoms with Gasteiger partial charge >= 0.3 is 5.97 Å². The van der Waals surface area contributed by atoms with Crippen LogP contribution < -0.4 is 4.74 Å². The Labute approximate surface area is 220 Å². The third-order valence-corrected chi connectivity index (χ3v) is 7.09. The molecule has 0 aliphatic carbocycles. The summed E-state index contributed by atoms with van der Waals surface area (Å²) in [7, 11) is 0. The summed E-state index contributed by atoms with van der Waals surface area (Å²) in [5.41, 5.74) is 4.91. The number of rotatable bonds is 12. The Morgan fingerprint density at radius 3 is 2.41 bits per heavy atom. The smallest absolute Gasteiger partial charge is 0.335 e. The van der Waals surface area contributed by atoms with Crippen LogP contribution in [0.1, 0.15) is 35.6 Å². The van der Waals surface area contributed by atoms with Gasteiger partial charge in [0.1, 0.15) is 24.7 Å². The first-order chi connectivity index (χ1) is 18.0. The molecule has 7 nitrogen and oxygen atoms in total. The van der Waals surface area contributed by atoms with Crippen molar-refractivity contribution in [1.29, 1.82) is 0 Å². The van der Waals surface area contributed by atoms with E-state index in [4.69, 9.17) is 23.8 Å². The largest absolute Gasteiger partial charge is 0.488 e. The Morgan fingerprint density at radius 2 is 1.76 bits per heavy atom. The van der Waals surface area contributed by atoms with Crippen LogP contribution in [0.5, 0.6) is 5.75 Å². The molecule has 0 unspecified atom stereocenters. The lowest BCUT2D eigenvalue weighted by molar-refractivity contribution is -0.156. The summed E-state index contributed by atoms with van der Waals surface area (Å²) < 4.78 is 21.8. The van der Waals surface area contributed by atoms with Crippen molar-refractivity contribution in [1.82, 2.24) is 5.16 Å². The molecular formula is C29H31NO6S. The third-order valence-electron chi connectivity index (χ3n) is 5.83. The van der Waals surface area contributed by atoms with Gasteiger partial charge in [0, 0.05) is 34.4 Å². The van der Waals surface area contributed by atoms with Gasteiger partial charge in [-0.3, -0.25) is 0 Å². The zero-order valence-electron chi connectivity index (χ0n) is 21.2. The van der Waals surface area contributed by atoms with Crippen molar-refractivity contribution in [2.24, 2.45) is 0 Å². The van der Waals surface area contributed by atoms with E-state index in [0.717, 1.165) is 32.2 Å². The first-order valence-electron chi connectivity index (χ1n) is 12.3. The number of aliphatic hydroxyl groups is 1. The van der Waals surface area contributed by atoms with Crippen LogP contribution >= 0.6 is 11.3 Å². The van der Waals surface area contributed by atoms with E-state index in [2.05, 4.69) is 30.3 Å². The number of aromatic nitrogens is 1. The Morgan fingerprint density at radius 1 is 1.03 bits per heavy atom. The molecule has 1 N–H and O–H groups in total. The lowest BCUT2D eigenvalue weighted by Crippen LogP contribution is -2.28. The van der Waals surface area contributed by atoms with Crippen LogP contribution in [0.4, 0.5) is 0 Å². The van der Waals surface area contributed by atoms with E-state index < -0.39 is 6.10 Å². The quantitative estimate of drug-likeness (QED) is 0.230. The van der Waals surface area contributed by atoms with Gasteiger partial charge in [-0.1, -0.05) is 41.6 Å². The van der Waals surface area contributed by atoms with Gasteiger partial charge in [-0.05, 0) is 55.7 Å². The molecule has 8 heteroatoms. The minimum atomic E-state index is -0.605. The number of thiophene rings is 1. The fraction of sp³-hybridized carbons (Fsp3) is 0.310. The topological polar surface area (TPSA) is 91.0 Å². The third kappa shape index (κ3) is 6.85. The molecule has 1 atom stereocenters. The maximum atomic E-state index is 12.1. The second kappa shape index (κ2) is 12.7. The summed E-state index contributed by atoms with van der Waals surface area (Å²) in [4.78, 5) is 14.4. The molecule has 194 valence electrons. The number of carbonyl (C=O) groups is 1. The number of aryl methyl sites for hydroxylation is 1. The Bertz CT molecular complexity index is 1290. The van der Waals surface area contributed by atoms with E-state index in [0.29, 0.717) is 37.7 Å². The van der Waals surface area contributed by atoms with Crippen LogP contribution in [0, 0.1) is 6.92 Å². The van der Waals surface area contributed by atoms with Crippen molar-refractivity contribution in [3.63, 3.8) is 0 Å². The maximum absolute atomic E-state index is 12.1. The summed E-state index contributed by atoms with van der Waals surface area (Å²) in [5, 5.41) is 13.2. The standard InChI is InChI=1S/C29H31NO6S/c1-4-33-26(29(32)34-5-2)15-20-6-12-23(13-7-20)35-18-28-19(3)14-27(37-28)22-10-8-21(9-11-22)25-16-24(17-31)36-30-25/h6-14,16,26,31H,4-5,15,17-18H2,1-3H3/t26-/m0/s1. The highest BCUT2D eigenvalue weighted by Gasteiger charge is 2.20. The molecular weight excluding hydrogens is 490 g/mol. The number of esters is 1. The van der Waals surface area contributed by atoms with E-state index in [-0.39, 0.29) is 12.6 Å². The van der Waals surface area contributed by atoms with Crippen LogP contribution in [-0.2, 0) is 33.9 Å². The van der Waals surface area contributed by atoms with E-state index >= 15 is 0 Å². The molecule has 0 saturated heterocycles. The average Bonchev–Trinajstić information content (AvgIpc) is 3.55. The molecule has 0 aliphatic rings. The van der Waals surface area contributed by atoms with Crippen LogP contribution in [0.15, 0.2) is 65.2 Å². The molecule has 0 fully saturated rings. The molecule has 4 aromatic rings. The van der Waals surface area contributed by atoms with Crippen molar-refractivity contribution in [2.75, 3.05) is 13.2 Å². The monoisotopic (exact) mass is 521 g/mol. The minimum Gasteiger partial charge on any atom is -0.488 e. The Hall–Kier alpha value is -3.46. The number of hydrogen-bond donors (Lipinski definition) is 1. The number of benzene rings is 2. The second-order valence-electron chi connectivity index (χ2n) is 8.46. The van der Waals surface area contributed by atoms with Gasteiger partial charge in [-0.2, -0.15) is 0 Å². The summed E-state index contributed by atoms with van der Waals surface area (Å²) in [6.07, 6.45) is -0.148. The molecule has 0 bridgehead atoms. The van der Waals surface area contributed by atoms with Gasteiger partial charge in [-0.15, -0.1) is 11.3 Å². The second-order valence-corrected chi connectivity index (χ2v) is 9.60. The highest BCUT2D eigenvalue weighted by Crippen LogP contribution is 2.33. The number of hydrogen-bond acceptors (Lipinski definition) is 8. The van der Waals surface area contributed by atoms with Gasteiger partial charge < -0.3 is 23.8 Å². The molecule has 0 amide bonds. The van der Waals surface area contributed by atoms with Crippen molar-refractivity contribution >= 4 is 17.3 Å². The molecule has 2 aromatic heterocycles. The predicted octanol–water partition coefficient (Wildman–Crippen LogP) is 5.96. The van der Waals surface area contributed by atoms with Gasteiger partial charge in [0.25, 0.3) is 0 Å². The molecule has 0 saturated carbocycles. The Kier molecular flexibility index (Phi) is 9.11. The normalized spacial score (nSPS) is 11.9. The number of carbonyl (C=O) groups excluding carboxylic acids is 1. The van der Waals surface area contributed by atoms with E-state index in [1.165, 1.54) is 5.56 Å². The van der Waals surface area contributed by atoms with Crippen molar-refractivity contribution in [2.45, 2.75) is 46.5 Å².